The number of nitrogens with zero attached hydrogens (tertiary/aromatic N) is 3. The van der Waals surface area contributed by atoms with E-state index in [-0.39, 0.29) is 24.6 Å². The summed E-state index contributed by atoms with van der Waals surface area (Å²) in [6.45, 7) is 5.77. The third kappa shape index (κ3) is 7.51. The molecule has 0 unspecified atom stereocenters. The monoisotopic (exact) mass is 471 g/mol. The molecule has 0 atom stereocenters. The van der Waals surface area contributed by atoms with Crippen LogP contribution >= 0.6 is 11.6 Å². The molecule has 0 fully saturated rings. The lowest BCUT2D eigenvalue weighted by Crippen LogP contribution is -2.32. The zero-order valence-corrected chi connectivity index (χ0v) is 19.2. The maximum atomic E-state index is 12.3. The molecular formula is C19H26ClN5O5S. The molecule has 10 nitrogen and oxygen atoms in total. The first-order valence-electron chi connectivity index (χ1n) is 9.82. The number of nitrogens with one attached hydrogen (secondary N) is 2. The maximum absolute atomic E-state index is 12.3. The fourth-order valence-corrected chi connectivity index (χ4v) is 3.96. The Morgan fingerprint density at radius 1 is 1.26 bits per heavy atom. The minimum Gasteiger partial charge on any atom is -0.450 e. The SMILES string of the molecule is CCCCCS(=O)(=O)NC(=O)c1cn(Cc2ncc(NC(=O)OCC)cc2Cl)c(C)n1. The number of aryl methyl sites for hydroxylation is 1. The van der Waals surface area contributed by atoms with E-state index < -0.39 is 22.0 Å². The Kier molecular flexibility index (Phi) is 8.81. The molecule has 2 aromatic rings. The van der Waals surface area contributed by atoms with E-state index in [2.05, 4.69) is 15.3 Å². The zero-order valence-electron chi connectivity index (χ0n) is 17.6. The topological polar surface area (TPSA) is 132 Å². The minimum atomic E-state index is -3.72. The predicted molar refractivity (Wildman–Crippen MR) is 117 cm³/mol. The second-order valence-corrected chi connectivity index (χ2v) is 9.01. The number of unbranched alkanes of at least 4 members (excludes halogenated alkanes) is 2. The summed E-state index contributed by atoms with van der Waals surface area (Å²) in [5, 5.41) is 2.81. The summed E-state index contributed by atoms with van der Waals surface area (Å²) in [6, 6.07) is 1.53. The van der Waals surface area contributed by atoms with E-state index in [9.17, 15) is 18.0 Å². The van der Waals surface area contributed by atoms with Crippen LogP contribution in [0.25, 0.3) is 0 Å². The van der Waals surface area contributed by atoms with Gasteiger partial charge in [0.15, 0.2) is 0 Å². The number of hydrogen-bond donors (Lipinski definition) is 2. The van der Waals surface area contributed by atoms with Crippen LogP contribution < -0.4 is 10.0 Å². The summed E-state index contributed by atoms with van der Waals surface area (Å²) >= 11 is 6.26. The number of hydrogen-bond acceptors (Lipinski definition) is 7. The van der Waals surface area contributed by atoms with E-state index in [1.807, 2.05) is 11.6 Å². The number of ether oxygens (including phenoxy) is 1. The van der Waals surface area contributed by atoms with Crippen molar-refractivity contribution in [2.45, 2.75) is 46.6 Å². The molecule has 170 valence electrons. The summed E-state index contributed by atoms with van der Waals surface area (Å²) in [6.07, 6.45) is 4.39. The lowest BCUT2D eigenvalue weighted by atomic mass is 10.3. The lowest BCUT2D eigenvalue weighted by molar-refractivity contribution is 0.0976. The normalized spacial score (nSPS) is 11.2. The van der Waals surface area contributed by atoms with Gasteiger partial charge in [-0.25, -0.2) is 22.9 Å². The average Bonchev–Trinajstić information content (AvgIpc) is 3.04. The molecule has 2 aromatic heterocycles. The van der Waals surface area contributed by atoms with Crippen LogP contribution in [0.2, 0.25) is 5.02 Å². The fraction of sp³-hybridized carbons (Fsp3) is 0.474. The van der Waals surface area contributed by atoms with E-state index in [4.69, 9.17) is 16.3 Å². The second-order valence-electron chi connectivity index (χ2n) is 6.76. The molecule has 0 bridgehead atoms. The molecular weight excluding hydrogens is 446 g/mol. The van der Waals surface area contributed by atoms with Crippen molar-refractivity contribution >= 4 is 39.3 Å². The van der Waals surface area contributed by atoms with Crippen LogP contribution in [0.15, 0.2) is 18.5 Å². The molecule has 2 rings (SSSR count). The lowest BCUT2D eigenvalue weighted by Gasteiger charge is -2.09. The standard InChI is InChI=1S/C19H26ClN5O5S/c1-4-6-7-8-31(28,29)24-18(26)17-12-25(13(3)22-17)11-16-15(20)9-14(10-21-16)23-19(27)30-5-2/h9-10,12H,4-8,11H2,1-3H3,(H,23,27)(H,24,26). The molecule has 0 saturated heterocycles. The van der Waals surface area contributed by atoms with Crippen LogP contribution in [0.1, 0.15) is 55.1 Å². The average molecular weight is 472 g/mol. The Morgan fingerprint density at radius 2 is 2.00 bits per heavy atom. The van der Waals surface area contributed by atoms with Crippen molar-refractivity contribution in [1.82, 2.24) is 19.3 Å². The Morgan fingerprint density at radius 3 is 2.65 bits per heavy atom. The fourth-order valence-electron chi connectivity index (χ4n) is 2.66. The first kappa shape index (κ1) is 24.6. The van der Waals surface area contributed by atoms with Crippen molar-refractivity contribution < 1.29 is 22.7 Å². The summed E-state index contributed by atoms with van der Waals surface area (Å²) in [5.41, 5.74) is 0.840. The van der Waals surface area contributed by atoms with Gasteiger partial charge in [-0.2, -0.15) is 0 Å². The number of pyridine rings is 1. The smallest absolute Gasteiger partial charge is 0.411 e. The number of halogens is 1. The molecule has 0 aliphatic heterocycles. The number of anilines is 1. The number of imidazole rings is 1. The Bertz CT molecular complexity index is 1040. The number of aromatic nitrogens is 3. The highest BCUT2D eigenvalue weighted by Crippen LogP contribution is 2.20. The Labute approximate surface area is 186 Å². The first-order valence-corrected chi connectivity index (χ1v) is 11.8. The molecule has 2 heterocycles. The van der Waals surface area contributed by atoms with Crippen molar-refractivity contribution in [3.63, 3.8) is 0 Å². The van der Waals surface area contributed by atoms with Crippen LogP contribution in [0.3, 0.4) is 0 Å². The van der Waals surface area contributed by atoms with Crippen LogP contribution in [0, 0.1) is 6.92 Å². The predicted octanol–water partition coefficient (Wildman–Crippen LogP) is 3.11. The molecule has 31 heavy (non-hydrogen) atoms. The zero-order chi connectivity index (χ0) is 23.0. The van der Waals surface area contributed by atoms with Crippen LogP contribution in [-0.4, -0.2) is 47.3 Å². The van der Waals surface area contributed by atoms with Crippen molar-refractivity contribution in [3.8, 4) is 0 Å². The molecule has 0 spiro atoms. The van der Waals surface area contributed by atoms with E-state index in [0.29, 0.717) is 28.6 Å². The van der Waals surface area contributed by atoms with Crippen LogP contribution in [-0.2, 0) is 21.3 Å². The summed E-state index contributed by atoms with van der Waals surface area (Å²) in [7, 11) is -3.72. The number of amides is 2. The van der Waals surface area contributed by atoms with Gasteiger partial charge in [-0.05, 0) is 26.3 Å². The van der Waals surface area contributed by atoms with Crippen molar-refractivity contribution in [1.29, 1.82) is 0 Å². The van der Waals surface area contributed by atoms with E-state index in [1.165, 1.54) is 18.5 Å². The number of carbonyl (C=O) groups is 2. The number of rotatable bonds is 10. The summed E-state index contributed by atoms with van der Waals surface area (Å²) in [5.74, 6) is -0.413. The van der Waals surface area contributed by atoms with E-state index in [0.717, 1.165) is 12.8 Å². The van der Waals surface area contributed by atoms with Crippen molar-refractivity contribution in [3.05, 3.63) is 40.7 Å². The molecule has 2 amide bonds. The first-order chi connectivity index (χ1) is 14.6. The molecule has 0 aliphatic rings. The second kappa shape index (κ2) is 11.1. The maximum Gasteiger partial charge on any atom is 0.411 e. The van der Waals surface area contributed by atoms with Gasteiger partial charge in [0.05, 0.1) is 41.5 Å². The van der Waals surface area contributed by atoms with Gasteiger partial charge in [0.25, 0.3) is 5.91 Å². The molecule has 0 saturated carbocycles. The largest absolute Gasteiger partial charge is 0.450 e. The van der Waals surface area contributed by atoms with Gasteiger partial charge in [-0.3, -0.25) is 15.1 Å². The van der Waals surface area contributed by atoms with Crippen molar-refractivity contribution in [2.24, 2.45) is 0 Å². The van der Waals surface area contributed by atoms with Gasteiger partial charge in [-0.15, -0.1) is 0 Å². The van der Waals surface area contributed by atoms with Crippen molar-refractivity contribution in [2.75, 3.05) is 17.7 Å². The minimum absolute atomic E-state index is 0.0201. The van der Waals surface area contributed by atoms with Gasteiger partial charge in [-0.1, -0.05) is 31.4 Å². The molecule has 0 aromatic carbocycles. The van der Waals surface area contributed by atoms with Crippen LogP contribution in [0.4, 0.5) is 10.5 Å². The highest BCUT2D eigenvalue weighted by molar-refractivity contribution is 7.90. The molecule has 0 radical (unpaired) electrons. The third-order valence-corrected chi connectivity index (χ3v) is 5.88. The summed E-state index contributed by atoms with van der Waals surface area (Å²) < 4.78 is 32.5. The van der Waals surface area contributed by atoms with E-state index in [1.54, 1.807) is 18.4 Å². The Hall–Kier alpha value is -2.66. The van der Waals surface area contributed by atoms with Gasteiger partial charge < -0.3 is 9.30 Å². The Balaban J connectivity index is 2.07. The highest BCUT2D eigenvalue weighted by atomic mass is 35.5. The highest BCUT2D eigenvalue weighted by Gasteiger charge is 2.19. The van der Waals surface area contributed by atoms with Gasteiger partial charge in [0, 0.05) is 6.20 Å². The molecule has 2 N–H and O–H groups in total. The third-order valence-electron chi connectivity index (χ3n) is 4.23. The van der Waals surface area contributed by atoms with Gasteiger partial charge in [0.2, 0.25) is 10.0 Å². The summed E-state index contributed by atoms with van der Waals surface area (Å²) in [4.78, 5) is 32.2. The molecule has 12 heteroatoms. The van der Waals surface area contributed by atoms with Crippen LogP contribution in [0.5, 0.6) is 0 Å². The molecule has 0 aliphatic carbocycles. The number of carbonyl (C=O) groups excluding carboxylic acids is 2. The van der Waals surface area contributed by atoms with E-state index >= 15 is 0 Å². The van der Waals surface area contributed by atoms with Gasteiger partial charge in [0.1, 0.15) is 11.5 Å². The number of sulfonamides is 1. The van der Waals surface area contributed by atoms with Gasteiger partial charge >= 0.3 is 6.09 Å². The quantitative estimate of drug-likeness (QED) is 0.508.